The molecule has 0 saturated carbocycles. The molecular formula is C26H29FN4O5. The maximum atomic E-state index is 14.4. The van der Waals surface area contributed by atoms with Crippen LogP contribution >= 0.6 is 0 Å². The Morgan fingerprint density at radius 2 is 1.75 bits per heavy atom. The number of nitrogen functional groups attached to an aromatic ring is 1. The van der Waals surface area contributed by atoms with E-state index in [1.165, 1.54) is 11.8 Å². The molecule has 3 aromatic rings. The molecule has 1 aromatic heterocycles. The number of anilines is 2. The molecule has 10 heteroatoms. The zero-order valence-electron chi connectivity index (χ0n) is 20.1. The number of likely N-dealkylation sites (N-methyl/N-ethyl adjacent to an activating group) is 1. The van der Waals surface area contributed by atoms with Gasteiger partial charge in [-0.2, -0.15) is 0 Å². The van der Waals surface area contributed by atoms with Crippen molar-refractivity contribution >= 4 is 34.3 Å². The van der Waals surface area contributed by atoms with Crippen molar-refractivity contribution in [1.82, 2.24) is 9.88 Å². The van der Waals surface area contributed by atoms with Crippen molar-refractivity contribution in [2.45, 2.75) is 6.42 Å². The van der Waals surface area contributed by atoms with Gasteiger partial charge in [-0.3, -0.25) is 0 Å². The zero-order valence-corrected chi connectivity index (χ0v) is 20.1. The highest BCUT2D eigenvalue weighted by Crippen LogP contribution is 2.29. The summed E-state index contributed by atoms with van der Waals surface area (Å²) >= 11 is 0. The summed E-state index contributed by atoms with van der Waals surface area (Å²) in [6.07, 6.45) is 1.45. The maximum Gasteiger partial charge on any atom is 0.328 e. The normalized spacial score (nSPS) is 13.9. The second-order valence-corrected chi connectivity index (χ2v) is 8.31. The van der Waals surface area contributed by atoms with Gasteiger partial charge in [0.05, 0.1) is 12.6 Å². The zero-order chi connectivity index (χ0) is 26.2. The third kappa shape index (κ3) is 6.92. The number of halogens is 1. The van der Waals surface area contributed by atoms with Crippen LogP contribution < -0.4 is 15.4 Å². The van der Waals surface area contributed by atoms with E-state index in [4.69, 9.17) is 20.7 Å². The van der Waals surface area contributed by atoms with Crippen molar-refractivity contribution < 1.29 is 28.9 Å². The molecule has 1 aliphatic heterocycles. The van der Waals surface area contributed by atoms with Crippen molar-refractivity contribution in [3.63, 3.8) is 0 Å². The fourth-order valence-corrected chi connectivity index (χ4v) is 3.86. The number of piperazine rings is 1. The summed E-state index contributed by atoms with van der Waals surface area (Å²) < 4.78 is 19.7. The molecule has 9 nitrogen and oxygen atoms in total. The highest BCUT2D eigenvalue weighted by Gasteiger charge is 2.16. The largest absolute Gasteiger partial charge is 0.496 e. The highest BCUT2D eigenvalue weighted by molar-refractivity contribution is 5.89. The molecule has 190 valence electrons. The highest BCUT2D eigenvalue weighted by atomic mass is 19.1. The first-order valence-electron chi connectivity index (χ1n) is 11.3. The van der Waals surface area contributed by atoms with Crippen molar-refractivity contribution in [1.29, 1.82) is 0 Å². The Bertz CT molecular complexity index is 1260. The molecule has 4 N–H and O–H groups in total. The van der Waals surface area contributed by atoms with Crippen LogP contribution in [0.1, 0.15) is 11.1 Å². The van der Waals surface area contributed by atoms with Gasteiger partial charge in [0.2, 0.25) is 0 Å². The summed E-state index contributed by atoms with van der Waals surface area (Å²) in [6, 6.07) is 13.1. The molecule has 0 radical (unpaired) electrons. The third-order valence-corrected chi connectivity index (χ3v) is 5.81. The first kappa shape index (κ1) is 26.4. The van der Waals surface area contributed by atoms with Crippen LogP contribution in [0.25, 0.3) is 10.9 Å². The number of fused-ring (bicyclic) bond motifs is 1. The van der Waals surface area contributed by atoms with E-state index in [0.29, 0.717) is 35.7 Å². The number of pyridine rings is 1. The second kappa shape index (κ2) is 12.0. The van der Waals surface area contributed by atoms with E-state index in [9.17, 15) is 14.0 Å². The average Bonchev–Trinajstić information content (AvgIpc) is 2.85. The number of nitrogens with zero attached hydrogens (tertiary/aromatic N) is 3. The first-order chi connectivity index (χ1) is 17.2. The van der Waals surface area contributed by atoms with Crippen LogP contribution in [0.2, 0.25) is 0 Å². The smallest absolute Gasteiger partial charge is 0.328 e. The maximum absolute atomic E-state index is 14.4. The molecule has 1 fully saturated rings. The third-order valence-electron chi connectivity index (χ3n) is 5.81. The summed E-state index contributed by atoms with van der Waals surface area (Å²) in [6.45, 7) is 4.11. The minimum absolute atomic E-state index is 0.301. The molecule has 0 aliphatic carbocycles. The summed E-state index contributed by atoms with van der Waals surface area (Å²) in [5.74, 6) is -1.87. The Morgan fingerprint density at radius 1 is 1.08 bits per heavy atom. The molecule has 2 heterocycles. The molecule has 0 bridgehead atoms. The van der Waals surface area contributed by atoms with Gasteiger partial charge in [-0.1, -0.05) is 6.07 Å². The molecule has 2 aromatic carbocycles. The Morgan fingerprint density at radius 3 is 2.36 bits per heavy atom. The number of carboxylic acid groups (broad SMARTS) is 2. The molecular weight excluding hydrogens is 467 g/mol. The number of nitrogens with two attached hydrogens (primary N) is 1. The number of aliphatic carboxylic acids is 2. The Kier molecular flexibility index (Phi) is 8.80. The predicted octanol–water partition coefficient (Wildman–Crippen LogP) is 3.02. The monoisotopic (exact) mass is 496 g/mol. The van der Waals surface area contributed by atoms with Crippen LogP contribution in [0.3, 0.4) is 0 Å². The number of hydrogen-bond acceptors (Lipinski definition) is 7. The Balaban J connectivity index is 0.000000392. The lowest BCUT2D eigenvalue weighted by molar-refractivity contribution is -0.134. The standard InChI is InChI=1S/C22H25FN4O.C4H4O4/c1-26-8-10-27(11-9-26)17-6-7-20-15(13-17)12-16(22(24)25-20)14-18-19(23)4-3-5-21(18)28-2;5-3(6)1-2-4(7)8/h3-7,12-13H,8-11,14H2,1-2H3,(H2,24,25);1-2H,(H,5,6)(H,7,8)/b;2-1+. The lowest BCUT2D eigenvalue weighted by Gasteiger charge is -2.34. The lowest BCUT2D eigenvalue weighted by atomic mass is 10.0. The number of hydrogen-bond donors (Lipinski definition) is 3. The van der Waals surface area contributed by atoms with E-state index >= 15 is 0 Å². The molecule has 36 heavy (non-hydrogen) atoms. The van der Waals surface area contributed by atoms with Crippen molar-refractivity contribution in [3.8, 4) is 5.75 Å². The summed E-state index contributed by atoms with van der Waals surface area (Å²) in [5.41, 5.74) is 9.50. The number of benzene rings is 2. The van der Waals surface area contributed by atoms with Crippen LogP contribution in [-0.2, 0) is 16.0 Å². The van der Waals surface area contributed by atoms with Gasteiger partial charge in [0, 0.05) is 61.4 Å². The van der Waals surface area contributed by atoms with E-state index in [1.54, 1.807) is 19.2 Å². The number of methoxy groups -OCH3 is 1. The minimum atomic E-state index is -1.26. The number of carbonyl (C=O) groups is 2. The number of carboxylic acids is 2. The van der Waals surface area contributed by atoms with Gasteiger partial charge in [0.25, 0.3) is 0 Å². The van der Waals surface area contributed by atoms with Gasteiger partial charge in [0.1, 0.15) is 17.4 Å². The number of ether oxygens (including phenoxy) is 1. The van der Waals surface area contributed by atoms with Gasteiger partial charge < -0.3 is 30.5 Å². The van der Waals surface area contributed by atoms with Crippen LogP contribution in [0.15, 0.2) is 54.6 Å². The predicted molar refractivity (Wildman–Crippen MR) is 136 cm³/mol. The lowest BCUT2D eigenvalue weighted by Crippen LogP contribution is -2.44. The number of rotatable bonds is 6. The average molecular weight is 497 g/mol. The molecule has 4 rings (SSSR count). The molecule has 0 unspecified atom stereocenters. The minimum Gasteiger partial charge on any atom is -0.496 e. The summed E-state index contributed by atoms with van der Waals surface area (Å²) in [4.78, 5) is 28.4. The molecule has 0 spiro atoms. The second-order valence-electron chi connectivity index (χ2n) is 8.31. The quantitative estimate of drug-likeness (QED) is 0.441. The van der Waals surface area contributed by atoms with E-state index < -0.39 is 11.9 Å². The molecule has 0 atom stereocenters. The van der Waals surface area contributed by atoms with E-state index in [2.05, 4.69) is 34.0 Å². The van der Waals surface area contributed by atoms with Crippen molar-refractivity contribution in [3.05, 3.63) is 71.6 Å². The van der Waals surface area contributed by atoms with Crippen molar-refractivity contribution in [2.24, 2.45) is 0 Å². The van der Waals surface area contributed by atoms with Gasteiger partial charge in [-0.05, 0) is 49.0 Å². The van der Waals surface area contributed by atoms with Crippen LogP contribution in [0.5, 0.6) is 5.75 Å². The molecule has 1 aliphatic rings. The van der Waals surface area contributed by atoms with Crippen LogP contribution in [-0.4, -0.2) is 72.4 Å². The van der Waals surface area contributed by atoms with E-state index in [-0.39, 0.29) is 5.82 Å². The Labute approximate surface area is 208 Å². The van der Waals surface area contributed by atoms with Gasteiger partial charge in [-0.15, -0.1) is 0 Å². The Hall–Kier alpha value is -4.18. The molecule has 1 saturated heterocycles. The SMILES string of the molecule is COc1cccc(F)c1Cc1cc2cc(N3CCN(C)CC3)ccc2nc1N.O=C(O)/C=C/C(=O)O. The topological polar surface area (TPSA) is 129 Å². The van der Waals surface area contributed by atoms with Crippen LogP contribution in [0, 0.1) is 5.82 Å². The molecule has 0 amide bonds. The number of aromatic nitrogens is 1. The van der Waals surface area contributed by atoms with Crippen LogP contribution in [0.4, 0.5) is 15.9 Å². The van der Waals surface area contributed by atoms with Gasteiger partial charge in [-0.25, -0.2) is 19.0 Å². The van der Waals surface area contributed by atoms with Crippen molar-refractivity contribution in [2.75, 3.05) is 51.0 Å². The summed E-state index contributed by atoms with van der Waals surface area (Å²) in [5, 5.41) is 16.6. The van der Waals surface area contributed by atoms with E-state index in [1.807, 2.05) is 12.1 Å². The van der Waals surface area contributed by atoms with Gasteiger partial charge >= 0.3 is 11.9 Å². The van der Waals surface area contributed by atoms with Gasteiger partial charge in [0.15, 0.2) is 0 Å². The first-order valence-corrected chi connectivity index (χ1v) is 11.3. The fourth-order valence-electron chi connectivity index (χ4n) is 3.86. The fraction of sp³-hybridized carbons (Fsp3) is 0.269. The van der Waals surface area contributed by atoms with E-state index in [0.717, 1.165) is 42.6 Å². The summed E-state index contributed by atoms with van der Waals surface area (Å²) in [7, 11) is 3.69.